The summed E-state index contributed by atoms with van der Waals surface area (Å²) in [6.45, 7) is 1.83. The number of methoxy groups -OCH3 is 1. The average molecular weight is 353 g/mol. The number of nitrogens with one attached hydrogen (secondary N) is 1. The monoisotopic (exact) mass is 352 g/mol. The molecule has 4 nitrogen and oxygen atoms in total. The van der Waals surface area contributed by atoms with Gasteiger partial charge < -0.3 is 15.0 Å². The molecular formula is C17H21ClN2O2S. The number of carbonyl (C=O) groups excluding carboxylic acids is 1. The van der Waals surface area contributed by atoms with Gasteiger partial charge in [-0.05, 0) is 24.6 Å². The van der Waals surface area contributed by atoms with Crippen LogP contribution in [0.25, 0.3) is 10.4 Å². The number of hydrogen-bond donors (Lipinski definition) is 1. The first kappa shape index (κ1) is 17.8. The molecule has 1 aromatic heterocycles. The van der Waals surface area contributed by atoms with E-state index in [-0.39, 0.29) is 24.4 Å². The van der Waals surface area contributed by atoms with Crippen LogP contribution in [0.1, 0.15) is 16.1 Å². The van der Waals surface area contributed by atoms with E-state index in [0.29, 0.717) is 10.6 Å². The van der Waals surface area contributed by atoms with E-state index in [4.69, 9.17) is 4.74 Å². The van der Waals surface area contributed by atoms with Crippen molar-refractivity contribution < 1.29 is 9.53 Å². The Labute approximate surface area is 146 Å². The molecule has 124 valence electrons. The van der Waals surface area contributed by atoms with Gasteiger partial charge in [0.1, 0.15) is 10.6 Å². The summed E-state index contributed by atoms with van der Waals surface area (Å²) in [5.74, 6) is 0.699. The maximum absolute atomic E-state index is 12.8. The Morgan fingerprint density at radius 1 is 1.35 bits per heavy atom. The van der Waals surface area contributed by atoms with Crippen molar-refractivity contribution in [2.24, 2.45) is 0 Å². The predicted molar refractivity (Wildman–Crippen MR) is 96.9 cm³/mol. The lowest BCUT2D eigenvalue weighted by molar-refractivity contribution is 0.0745. The van der Waals surface area contributed by atoms with Crippen molar-refractivity contribution in [2.75, 3.05) is 27.2 Å². The summed E-state index contributed by atoms with van der Waals surface area (Å²) in [6.07, 6.45) is 1.00. The van der Waals surface area contributed by atoms with Crippen LogP contribution in [0.5, 0.6) is 5.75 Å². The minimum absolute atomic E-state index is 0. The molecule has 0 saturated carbocycles. The van der Waals surface area contributed by atoms with Crippen LogP contribution in [0, 0.1) is 0 Å². The SMILES string of the molecule is COc1cc(-c2ccccc2)sc1C(=O)N(C)C1CCNC1.Cl. The van der Waals surface area contributed by atoms with Crippen LogP contribution >= 0.6 is 23.7 Å². The number of amides is 1. The quantitative estimate of drug-likeness (QED) is 0.918. The van der Waals surface area contributed by atoms with Crippen LogP contribution in [0.3, 0.4) is 0 Å². The highest BCUT2D eigenvalue weighted by Crippen LogP contribution is 2.37. The van der Waals surface area contributed by atoms with E-state index in [1.165, 1.54) is 11.3 Å². The lowest BCUT2D eigenvalue weighted by Gasteiger charge is -2.23. The number of rotatable bonds is 4. The van der Waals surface area contributed by atoms with Crippen LogP contribution in [-0.4, -0.2) is 44.1 Å². The Morgan fingerprint density at radius 2 is 2.09 bits per heavy atom. The molecule has 3 rings (SSSR count). The number of ether oxygens (including phenoxy) is 1. The highest BCUT2D eigenvalue weighted by molar-refractivity contribution is 7.17. The third-order valence-electron chi connectivity index (χ3n) is 4.07. The molecule has 1 saturated heterocycles. The van der Waals surface area contributed by atoms with Crippen LogP contribution < -0.4 is 10.1 Å². The van der Waals surface area contributed by atoms with Gasteiger partial charge in [0.05, 0.1) is 7.11 Å². The maximum Gasteiger partial charge on any atom is 0.267 e. The first-order chi connectivity index (χ1) is 10.7. The van der Waals surface area contributed by atoms with Gasteiger partial charge >= 0.3 is 0 Å². The molecule has 2 aromatic rings. The van der Waals surface area contributed by atoms with Gasteiger partial charge in [-0.1, -0.05) is 30.3 Å². The van der Waals surface area contributed by atoms with Crippen molar-refractivity contribution in [3.8, 4) is 16.2 Å². The highest BCUT2D eigenvalue weighted by Gasteiger charge is 2.27. The fourth-order valence-corrected chi connectivity index (χ4v) is 3.83. The van der Waals surface area contributed by atoms with Gasteiger partial charge in [-0.3, -0.25) is 4.79 Å². The van der Waals surface area contributed by atoms with Gasteiger partial charge in [0.15, 0.2) is 0 Å². The molecule has 2 heterocycles. The zero-order valence-corrected chi connectivity index (χ0v) is 14.9. The average Bonchev–Trinajstić information content (AvgIpc) is 3.23. The number of likely N-dealkylation sites (N-methyl/N-ethyl adjacent to an activating group) is 1. The Morgan fingerprint density at radius 3 is 2.70 bits per heavy atom. The minimum Gasteiger partial charge on any atom is -0.495 e. The number of halogens is 1. The van der Waals surface area contributed by atoms with Crippen molar-refractivity contribution in [3.63, 3.8) is 0 Å². The number of carbonyl (C=O) groups is 1. The second-order valence-electron chi connectivity index (χ2n) is 5.44. The molecule has 1 atom stereocenters. The summed E-state index contributed by atoms with van der Waals surface area (Å²) in [5.41, 5.74) is 1.11. The van der Waals surface area contributed by atoms with Gasteiger partial charge in [-0.25, -0.2) is 0 Å². The molecule has 0 spiro atoms. The van der Waals surface area contributed by atoms with Crippen LogP contribution in [0.4, 0.5) is 0 Å². The minimum atomic E-state index is 0. The van der Waals surface area contributed by atoms with Gasteiger partial charge in [-0.15, -0.1) is 23.7 Å². The smallest absolute Gasteiger partial charge is 0.267 e. The topological polar surface area (TPSA) is 41.6 Å². The van der Waals surface area contributed by atoms with Crippen molar-refractivity contribution in [1.82, 2.24) is 10.2 Å². The number of hydrogen-bond acceptors (Lipinski definition) is 4. The predicted octanol–water partition coefficient (Wildman–Crippen LogP) is 3.28. The fraction of sp³-hybridized carbons (Fsp3) is 0.353. The van der Waals surface area contributed by atoms with Gasteiger partial charge in [0.25, 0.3) is 5.91 Å². The third kappa shape index (κ3) is 3.68. The van der Waals surface area contributed by atoms with E-state index in [0.717, 1.165) is 30.0 Å². The number of nitrogens with zero attached hydrogens (tertiary/aromatic N) is 1. The Hall–Kier alpha value is -1.56. The standard InChI is InChI=1S/C17H20N2O2S.ClH/c1-19(13-8-9-18-11-13)17(20)16-14(21-2)10-15(22-16)12-6-4-3-5-7-12;/h3-7,10,13,18H,8-9,11H2,1-2H3;1H. The molecular weight excluding hydrogens is 332 g/mol. The highest BCUT2D eigenvalue weighted by atomic mass is 35.5. The third-order valence-corrected chi connectivity index (χ3v) is 5.23. The van der Waals surface area contributed by atoms with Crippen molar-refractivity contribution in [1.29, 1.82) is 0 Å². The van der Waals surface area contributed by atoms with Gasteiger partial charge in [0.2, 0.25) is 0 Å². The molecule has 1 aliphatic rings. The van der Waals surface area contributed by atoms with E-state index in [9.17, 15) is 4.79 Å². The summed E-state index contributed by atoms with van der Waals surface area (Å²) >= 11 is 1.50. The second-order valence-corrected chi connectivity index (χ2v) is 6.49. The molecule has 1 unspecified atom stereocenters. The molecule has 6 heteroatoms. The van der Waals surface area contributed by atoms with E-state index in [1.54, 1.807) is 7.11 Å². The molecule has 1 fully saturated rings. The molecule has 1 amide bonds. The molecule has 1 N–H and O–H groups in total. The molecule has 0 bridgehead atoms. The van der Waals surface area contributed by atoms with Gasteiger partial charge in [-0.2, -0.15) is 0 Å². The summed E-state index contributed by atoms with van der Waals surface area (Å²) < 4.78 is 5.43. The van der Waals surface area contributed by atoms with E-state index in [1.807, 2.05) is 48.3 Å². The van der Waals surface area contributed by atoms with Gasteiger partial charge in [0, 0.05) is 24.5 Å². The van der Waals surface area contributed by atoms with Crippen molar-refractivity contribution in [3.05, 3.63) is 41.3 Å². The molecule has 0 radical (unpaired) electrons. The molecule has 0 aliphatic carbocycles. The van der Waals surface area contributed by atoms with E-state index >= 15 is 0 Å². The largest absolute Gasteiger partial charge is 0.495 e. The normalized spacial score (nSPS) is 16.7. The lowest BCUT2D eigenvalue weighted by atomic mass is 10.2. The summed E-state index contributed by atoms with van der Waals surface area (Å²) in [5, 5.41) is 3.30. The zero-order chi connectivity index (χ0) is 15.5. The summed E-state index contributed by atoms with van der Waals surface area (Å²) in [6, 6.07) is 12.3. The van der Waals surface area contributed by atoms with E-state index < -0.39 is 0 Å². The first-order valence-corrected chi connectivity index (χ1v) is 8.23. The summed E-state index contributed by atoms with van der Waals surface area (Å²) in [4.78, 5) is 16.4. The molecule has 1 aromatic carbocycles. The lowest BCUT2D eigenvalue weighted by Crippen LogP contribution is -2.38. The second kappa shape index (κ2) is 7.81. The molecule has 1 aliphatic heterocycles. The van der Waals surface area contributed by atoms with Crippen LogP contribution in [-0.2, 0) is 0 Å². The van der Waals surface area contributed by atoms with Crippen LogP contribution in [0.2, 0.25) is 0 Å². The summed E-state index contributed by atoms with van der Waals surface area (Å²) in [7, 11) is 3.49. The van der Waals surface area contributed by atoms with Crippen LogP contribution in [0.15, 0.2) is 36.4 Å². The fourth-order valence-electron chi connectivity index (χ4n) is 2.72. The van der Waals surface area contributed by atoms with Crippen molar-refractivity contribution >= 4 is 29.7 Å². The first-order valence-electron chi connectivity index (χ1n) is 7.42. The molecule has 23 heavy (non-hydrogen) atoms. The Kier molecular flexibility index (Phi) is 6.04. The Balaban J connectivity index is 0.00000192. The van der Waals surface area contributed by atoms with E-state index in [2.05, 4.69) is 5.32 Å². The Bertz CT molecular complexity index is 654. The van der Waals surface area contributed by atoms with Crippen molar-refractivity contribution in [2.45, 2.75) is 12.5 Å². The maximum atomic E-state index is 12.8. The zero-order valence-electron chi connectivity index (χ0n) is 13.2. The number of benzene rings is 1. The number of thiophene rings is 1.